The molecule has 13 heteroatoms. The van der Waals surface area contributed by atoms with Gasteiger partial charge in [0.25, 0.3) is 0 Å². The summed E-state index contributed by atoms with van der Waals surface area (Å²) in [4.78, 5) is 6.19. The molecule has 0 radical (unpaired) electrons. The summed E-state index contributed by atoms with van der Waals surface area (Å²) in [5.41, 5.74) is 3.54. The van der Waals surface area contributed by atoms with E-state index in [2.05, 4.69) is 15.2 Å². The number of hydrogen-bond acceptors (Lipinski definition) is 7. The summed E-state index contributed by atoms with van der Waals surface area (Å²) < 4.78 is 81.0. The number of nitrogens with zero attached hydrogens (tertiary/aromatic N) is 4. The fraction of sp³-hybridized carbons (Fsp3) is 0.261. The standard InChI is InChI=1S/C23H17F6N5OS/c24-22(25,26)14-3-1-12(17(7-14)23(27,28)29)6-16(11-2-4-18-13(5-11)8-31-33-18)19-20(35)32-21(36-19)34-9-15(30)10-34/h1-5,7-8,15,35H,6,9-10,30H2. The topological polar surface area (TPSA) is 87.1 Å². The minimum absolute atomic E-state index is 0.0517. The predicted molar refractivity (Wildman–Crippen MR) is 121 cm³/mol. The second kappa shape index (κ2) is 8.59. The molecule has 3 heterocycles. The Hall–Kier alpha value is -3.45. The van der Waals surface area contributed by atoms with Crippen LogP contribution < -0.4 is 21.2 Å². The smallest absolute Gasteiger partial charge is 0.416 e. The third-order valence-corrected chi connectivity index (χ3v) is 7.07. The number of aromatic hydroxyl groups is 1. The van der Waals surface area contributed by atoms with E-state index < -0.39 is 29.9 Å². The molecule has 1 saturated heterocycles. The van der Waals surface area contributed by atoms with Crippen molar-refractivity contribution in [3.8, 4) is 5.88 Å². The van der Waals surface area contributed by atoms with Crippen LogP contribution in [0.4, 0.5) is 31.5 Å². The highest BCUT2D eigenvalue weighted by atomic mass is 32.1. The van der Waals surface area contributed by atoms with Crippen LogP contribution in [0.15, 0.2) is 46.6 Å². The van der Waals surface area contributed by atoms with Gasteiger partial charge in [-0.3, -0.25) is 0 Å². The number of hydrogen-bond donors (Lipinski definition) is 2. The first-order chi connectivity index (χ1) is 16.9. The van der Waals surface area contributed by atoms with Crippen LogP contribution in [-0.2, 0) is 18.8 Å². The van der Waals surface area contributed by atoms with E-state index in [1.54, 1.807) is 18.2 Å². The van der Waals surface area contributed by atoms with Gasteiger partial charge in [-0.15, -0.1) is 0 Å². The quantitative estimate of drug-likeness (QED) is 0.511. The van der Waals surface area contributed by atoms with Crippen LogP contribution in [0.1, 0.15) is 27.1 Å². The summed E-state index contributed by atoms with van der Waals surface area (Å²) in [6, 6.07) is 6.40. The van der Waals surface area contributed by atoms with Crippen LogP contribution in [-0.4, -0.2) is 35.4 Å². The zero-order valence-corrected chi connectivity index (χ0v) is 19.0. The first kappa shape index (κ1) is 24.3. The van der Waals surface area contributed by atoms with Crippen molar-refractivity contribution in [2.75, 3.05) is 18.0 Å². The Labute approximate surface area is 203 Å². The lowest BCUT2D eigenvalue weighted by Crippen LogP contribution is -2.55. The van der Waals surface area contributed by atoms with E-state index in [0.717, 1.165) is 17.4 Å². The Morgan fingerprint density at radius 3 is 2.47 bits per heavy atom. The van der Waals surface area contributed by atoms with Gasteiger partial charge in [-0.25, -0.2) is 0 Å². The lowest BCUT2D eigenvalue weighted by molar-refractivity contribution is -0.143. The summed E-state index contributed by atoms with van der Waals surface area (Å²) in [5, 5.41) is 19.9. The normalized spacial score (nSPS) is 16.6. The second-order valence-electron chi connectivity index (χ2n) is 8.46. The van der Waals surface area contributed by atoms with E-state index in [4.69, 9.17) is 5.73 Å². The molecule has 5 rings (SSSR count). The molecule has 0 spiro atoms. The maximum Gasteiger partial charge on any atom is 0.416 e. The van der Waals surface area contributed by atoms with Gasteiger partial charge in [0.1, 0.15) is 0 Å². The summed E-state index contributed by atoms with van der Waals surface area (Å²) in [7, 11) is 0. The molecule has 0 amide bonds. The highest BCUT2D eigenvalue weighted by Gasteiger charge is 2.38. The van der Waals surface area contributed by atoms with Crippen molar-refractivity contribution in [3.05, 3.63) is 74.1 Å². The first-order valence-corrected chi connectivity index (χ1v) is 11.4. The van der Waals surface area contributed by atoms with Gasteiger partial charge in [-0.2, -0.15) is 41.5 Å². The largest absolute Gasteiger partial charge is 0.492 e. The van der Waals surface area contributed by atoms with Crippen molar-refractivity contribution >= 4 is 28.3 Å². The van der Waals surface area contributed by atoms with E-state index in [0.29, 0.717) is 40.4 Å². The predicted octanol–water partition coefficient (Wildman–Crippen LogP) is 3.44. The van der Waals surface area contributed by atoms with Crippen molar-refractivity contribution in [1.82, 2.24) is 4.98 Å². The molecule has 1 aromatic heterocycles. The zero-order valence-electron chi connectivity index (χ0n) is 18.2. The number of benzene rings is 2. The number of fused-ring (bicyclic) bond motifs is 1. The van der Waals surface area contributed by atoms with Crippen molar-refractivity contribution in [2.24, 2.45) is 15.9 Å². The molecule has 2 aromatic carbocycles. The number of rotatable bonds is 4. The van der Waals surface area contributed by atoms with Gasteiger partial charge in [-0.1, -0.05) is 23.5 Å². The molecule has 0 unspecified atom stereocenters. The fourth-order valence-electron chi connectivity index (χ4n) is 4.07. The van der Waals surface area contributed by atoms with Crippen molar-refractivity contribution in [2.45, 2.75) is 24.8 Å². The van der Waals surface area contributed by atoms with Gasteiger partial charge in [0.2, 0.25) is 5.88 Å². The van der Waals surface area contributed by atoms with Crippen LogP contribution in [0.2, 0.25) is 0 Å². The Balaban J connectivity index is 1.67. The van der Waals surface area contributed by atoms with Gasteiger partial charge in [0.05, 0.1) is 27.6 Å². The van der Waals surface area contributed by atoms with Crippen LogP contribution in [0.3, 0.4) is 0 Å². The molecule has 2 aliphatic heterocycles. The minimum atomic E-state index is -5.03. The zero-order chi connectivity index (χ0) is 25.8. The SMILES string of the molecule is NC1CN(c2nc(O)c(C(Cc3ccc(C(F)(F)F)cc3C(F)(F)F)=c3ccc4c(c3)C=NN=4)s2)C1. The third kappa shape index (κ3) is 4.55. The number of thiazole rings is 1. The molecule has 3 N–H and O–H groups in total. The van der Waals surface area contributed by atoms with Crippen molar-refractivity contribution in [3.63, 3.8) is 0 Å². The summed E-state index contributed by atoms with van der Waals surface area (Å²) >= 11 is 1.08. The fourth-order valence-corrected chi connectivity index (χ4v) is 5.11. The van der Waals surface area contributed by atoms with Crippen LogP contribution >= 0.6 is 11.3 Å². The third-order valence-electron chi connectivity index (χ3n) is 5.90. The molecule has 0 saturated carbocycles. The Kier molecular flexibility index (Phi) is 5.79. The second-order valence-corrected chi connectivity index (χ2v) is 9.43. The molecule has 0 bridgehead atoms. The summed E-state index contributed by atoms with van der Waals surface area (Å²) in [6.07, 6.45) is -8.89. The van der Waals surface area contributed by atoms with Gasteiger partial charge in [0, 0.05) is 31.1 Å². The summed E-state index contributed by atoms with van der Waals surface area (Å²) in [6.45, 7) is 1.02. The average Bonchev–Trinajstić information content (AvgIpc) is 3.39. The van der Waals surface area contributed by atoms with E-state index >= 15 is 0 Å². The van der Waals surface area contributed by atoms with E-state index in [-0.39, 0.29) is 34.0 Å². The molecule has 2 aliphatic rings. The van der Waals surface area contributed by atoms with Crippen molar-refractivity contribution < 1.29 is 31.4 Å². The maximum absolute atomic E-state index is 13.8. The highest BCUT2D eigenvalue weighted by Crippen LogP contribution is 2.41. The molecule has 188 valence electrons. The number of alkyl halides is 6. The molecule has 1 fully saturated rings. The van der Waals surface area contributed by atoms with Crippen LogP contribution in [0, 0.1) is 0 Å². The first-order valence-electron chi connectivity index (χ1n) is 10.6. The molecular weight excluding hydrogens is 508 g/mol. The van der Waals surface area contributed by atoms with E-state index in [1.807, 2.05) is 4.90 Å². The molecule has 6 nitrogen and oxygen atoms in total. The lowest BCUT2D eigenvalue weighted by atomic mass is 9.94. The summed E-state index contributed by atoms with van der Waals surface area (Å²) in [5.74, 6) is -0.384. The highest BCUT2D eigenvalue weighted by molar-refractivity contribution is 7.17. The number of anilines is 1. The molecule has 3 aromatic rings. The van der Waals surface area contributed by atoms with E-state index in [1.165, 1.54) is 6.21 Å². The Morgan fingerprint density at radius 1 is 1.06 bits per heavy atom. The monoisotopic (exact) mass is 525 g/mol. The minimum Gasteiger partial charge on any atom is -0.492 e. The number of aromatic nitrogens is 1. The van der Waals surface area contributed by atoms with Gasteiger partial charge in [-0.05, 0) is 40.6 Å². The molecular formula is C23H17F6N5OS. The van der Waals surface area contributed by atoms with Gasteiger partial charge in [0.15, 0.2) is 5.13 Å². The molecule has 36 heavy (non-hydrogen) atoms. The molecule has 0 aliphatic carbocycles. The van der Waals surface area contributed by atoms with Crippen molar-refractivity contribution in [1.29, 1.82) is 0 Å². The van der Waals surface area contributed by atoms with Gasteiger partial charge < -0.3 is 15.7 Å². The van der Waals surface area contributed by atoms with E-state index in [9.17, 15) is 31.4 Å². The Morgan fingerprint density at radius 2 is 1.81 bits per heavy atom. The maximum atomic E-state index is 13.8. The number of nitrogens with two attached hydrogens (primary N) is 1. The average molecular weight is 525 g/mol. The molecule has 0 atom stereocenters. The Bertz CT molecular complexity index is 1490. The van der Waals surface area contributed by atoms with Crippen LogP contribution in [0.5, 0.6) is 5.88 Å². The number of halogens is 6. The van der Waals surface area contributed by atoms with Gasteiger partial charge >= 0.3 is 12.4 Å². The lowest BCUT2D eigenvalue weighted by Gasteiger charge is -2.36. The van der Waals surface area contributed by atoms with Crippen LogP contribution in [0.25, 0.3) is 5.57 Å².